The van der Waals surface area contributed by atoms with E-state index in [1.165, 1.54) is 19.2 Å². The average Bonchev–Trinajstić information content (AvgIpc) is 2.09. The number of nitrogens with zero attached hydrogens (tertiary/aromatic N) is 1. The van der Waals surface area contributed by atoms with Crippen molar-refractivity contribution in [1.29, 1.82) is 0 Å². The van der Waals surface area contributed by atoms with Gasteiger partial charge in [-0.15, -0.1) is 0 Å². The van der Waals surface area contributed by atoms with E-state index >= 15 is 0 Å². The Kier molecular flexibility index (Phi) is 3.74. The molecule has 16 heavy (non-hydrogen) atoms. The predicted octanol–water partition coefficient (Wildman–Crippen LogP) is 2.53. The third kappa shape index (κ3) is 3.69. The Morgan fingerprint density at radius 2 is 1.94 bits per heavy atom. The molecule has 0 heterocycles. The number of hydrogen-bond donors (Lipinski definition) is 1. The molecule has 0 atom stereocenters. The zero-order chi connectivity index (χ0) is 12.3. The number of rotatable bonds is 3. The molecule has 0 aliphatic rings. The van der Waals surface area contributed by atoms with Crippen LogP contribution in [0.1, 0.15) is 5.56 Å². The third-order valence-corrected chi connectivity index (χ3v) is 1.96. The minimum atomic E-state index is -4.31. The average molecular weight is 237 g/mol. The van der Waals surface area contributed by atoms with Gasteiger partial charge in [0, 0.05) is 12.1 Å². The Labute approximate surface area is 90.1 Å². The van der Waals surface area contributed by atoms with Crippen LogP contribution in [-0.4, -0.2) is 29.8 Å². The number of para-hydroxylation sites is 1. The van der Waals surface area contributed by atoms with Gasteiger partial charge in [-0.25, -0.2) is 4.39 Å². The maximum absolute atomic E-state index is 12.9. The Bertz CT molecular complexity index is 364. The number of benzene rings is 1. The number of phenolic OH excluding ortho intramolecular Hbond substituents is 1. The molecule has 1 N–H and O–H groups in total. The Balaban J connectivity index is 2.70. The summed E-state index contributed by atoms with van der Waals surface area (Å²) >= 11 is 0. The van der Waals surface area contributed by atoms with Gasteiger partial charge in [-0.3, -0.25) is 4.90 Å². The maximum Gasteiger partial charge on any atom is 0.401 e. The van der Waals surface area contributed by atoms with Gasteiger partial charge in [0.1, 0.15) is 0 Å². The number of phenols is 1. The second-order valence-corrected chi connectivity index (χ2v) is 3.54. The minimum absolute atomic E-state index is 0.131. The predicted molar refractivity (Wildman–Crippen MR) is 50.5 cm³/mol. The Hall–Kier alpha value is -1.30. The topological polar surface area (TPSA) is 23.5 Å². The van der Waals surface area contributed by atoms with Crippen molar-refractivity contribution in [3.63, 3.8) is 0 Å². The van der Waals surface area contributed by atoms with E-state index in [0.717, 1.165) is 11.0 Å². The normalized spacial score (nSPS) is 12.1. The summed E-state index contributed by atoms with van der Waals surface area (Å²) < 4.78 is 48.9. The molecule has 1 aromatic rings. The molecular formula is C10H11F4NO. The summed E-state index contributed by atoms with van der Waals surface area (Å²) in [5, 5.41) is 9.26. The van der Waals surface area contributed by atoms with E-state index in [9.17, 15) is 22.7 Å². The van der Waals surface area contributed by atoms with Crippen LogP contribution in [0.5, 0.6) is 5.75 Å². The van der Waals surface area contributed by atoms with E-state index < -0.39 is 24.3 Å². The second-order valence-electron chi connectivity index (χ2n) is 3.54. The van der Waals surface area contributed by atoms with Crippen molar-refractivity contribution < 1.29 is 22.7 Å². The van der Waals surface area contributed by atoms with Gasteiger partial charge in [-0.1, -0.05) is 12.1 Å². The van der Waals surface area contributed by atoms with E-state index in [-0.39, 0.29) is 12.1 Å². The molecule has 90 valence electrons. The summed E-state index contributed by atoms with van der Waals surface area (Å²) in [6, 6.07) is 3.76. The molecule has 2 nitrogen and oxygen atoms in total. The zero-order valence-corrected chi connectivity index (χ0v) is 8.55. The van der Waals surface area contributed by atoms with Gasteiger partial charge in [0.25, 0.3) is 0 Å². The highest BCUT2D eigenvalue weighted by molar-refractivity contribution is 5.33. The van der Waals surface area contributed by atoms with Crippen LogP contribution in [0.25, 0.3) is 0 Å². The third-order valence-electron chi connectivity index (χ3n) is 1.96. The summed E-state index contributed by atoms with van der Waals surface area (Å²) in [5.41, 5.74) is 0.131. The Morgan fingerprint density at radius 1 is 1.31 bits per heavy atom. The SMILES string of the molecule is CN(Cc1cccc(F)c1O)CC(F)(F)F. The van der Waals surface area contributed by atoms with Crippen LogP contribution < -0.4 is 0 Å². The summed E-state index contributed by atoms with van der Waals surface area (Å²) in [6.07, 6.45) is -4.31. The smallest absolute Gasteiger partial charge is 0.401 e. The molecule has 0 saturated heterocycles. The first-order valence-corrected chi connectivity index (χ1v) is 4.51. The lowest BCUT2D eigenvalue weighted by Gasteiger charge is -2.19. The van der Waals surface area contributed by atoms with E-state index in [4.69, 9.17) is 0 Å². The van der Waals surface area contributed by atoms with Gasteiger partial charge >= 0.3 is 6.18 Å². The first-order valence-electron chi connectivity index (χ1n) is 4.51. The molecule has 0 radical (unpaired) electrons. The van der Waals surface area contributed by atoms with Gasteiger partial charge in [0.05, 0.1) is 6.54 Å². The molecule has 0 amide bonds. The number of halogens is 4. The molecule has 0 bridgehead atoms. The molecule has 0 aliphatic heterocycles. The molecule has 0 fully saturated rings. The molecule has 0 aromatic heterocycles. The fourth-order valence-corrected chi connectivity index (χ4v) is 1.34. The largest absolute Gasteiger partial charge is 0.505 e. The quantitative estimate of drug-likeness (QED) is 0.816. The monoisotopic (exact) mass is 237 g/mol. The fraction of sp³-hybridized carbons (Fsp3) is 0.400. The molecule has 0 aliphatic carbocycles. The van der Waals surface area contributed by atoms with E-state index in [1.807, 2.05) is 0 Å². The van der Waals surface area contributed by atoms with Gasteiger partial charge in [0.15, 0.2) is 11.6 Å². The van der Waals surface area contributed by atoms with Crippen LogP contribution in [0.15, 0.2) is 18.2 Å². The van der Waals surface area contributed by atoms with E-state index in [1.54, 1.807) is 0 Å². The van der Waals surface area contributed by atoms with Crippen LogP contribution in [0.3, 0.4) is 0 Å². The number of aromatic hydroxyl groups is 1. The molecule has 0 saturated carbocycles. The van der Waals surface area contributed by atoms with E-state index in [0.29, 0.717) is 0 Å². The number of alkyl halides is 3. The van der Waals surface area contributed by atoms with Crippen LogP contribution in [0, 0.1) is 5.82 Å². The van der Waals surface area contributed by atoms with Crippen LogP contribution >= 0.6 is 0 Å². The minimum Gasteiger partial charge on any atom is -0.505 e. The van der Waals surface area contributed by atoms with Crippen LogP contribution in [0.2, 0.25) is 0 Å². The van der Waals surface area contributed by atoms with Gasteiger partial charge in [0.2, 0.25) is 0 Å². The fourth-order valence-electron chi connectivity index (χ4n) is 1.34. The summed E-state index contributed by atoms with van der Waals surface area (Å²) in [4.78, 5) is 0.953. The Morgan fingerprint density at radius 3 is 2.50 bits per heavy atom. The highest BCUT2D eigenvalue weighted by Crippen LogP contribution is 2.23. The first kappa shape index (κ1) is 12.8. The van der Waals surface area contributed by atoms with Gasteiger partial charge in [-0.2, -0.15) is 13.2 Å². The molecule has 0 spiro atoms. The molecule has 6 heteroatoms. The number of hydrogen-bond acceptors (Lipinski definition) is 2. The van der Waals surface area contributed by atoms with Crippen molar-refractivity contribution in [2.45, 2.75) is 12.7 Å². The van der Waals surface area contributed by atoms with Gasteiger partial charge < -0.3 is 5.11 Å². The summed E-state index contributed by atoms with van der Waals surface area (Å²) in [5.74, 6) is -1.44. The molecule has 0 unspecified atom stereocenters. The lowest BCUT2D eigenvalue weighted by atomic mass is 10.2. The van der Waals surface area contributed by atoms with Gasteiger partial charge in [-0.05, 0) is 13.1 Å². The van der Waals surface area contributed by atoms with Crippen LogP contribution in [0.4, 0.5) is 17.6 Å². The lowest BCUT2D eigenvalue weighted by molar-refractivity contribution is -0.144. The van der Waals surface area contributed by atoms with Crippen molar-refractivity contribution in [2.24, 2.45) is 0 Å². The van der Waals surface area contributed by atoms with Crippen molar-refractivity contribution in [2.75, 3.05) is 13.6 Å². The van der Waals surface area contributed by atoms with E-state index in [2.05, 4.69) is 0 Å². The molecular weight excluding hydrogens is 226 g/mol. The summed E-state index contributed by atoms with van der Waals surface area (Å²) in [7, 11) is 1.25. The highest BCUT2D eigenvalue weighted by Gasteiger charge is 2.29. The van der Waals surface area contributed by atoms with Crippen LogP contribution in [-0.2, 0) is 6.54 Å². The molecule has 1 aromatic carbocycles. The van der Waals surface area contributed by atoms with Crippen molar-refractivity contribution in [1.82, 2.24) is 4.90 Å². The standard InChI is InChI=1S/C10H11F4NO/c1-15(6-10(12,13)14)5-7-3-2-4-8(11)9(7)16/h2-4,16H,5-6H2,1H3. The lowest BCUT2D eigenvalue weighted by Crippen LogP contribution is -2.30. The van der Waals surface area contributed by atoms with Crippen molar-refractivity contribution in [3.05, 3.63) is 29.6 Å². The molecule has 1 rings (SSSR count). The second kappa shape index (κ2) is 4.69. The highest BCUT2D eigenvalue weighted by atomic mass is 19.4. The zero-order valence-electron chi connectivity index (χ0n) is 8.55. The summed E-state index contributed by atoms with van der Waals surface area (Å²) in [6.45, 7) is -1.27. The maximum atomic E-state index is 12.9. The van der Waals surface area contributed by atoms with Crippen molar-refractivity contribution >= 4 is 0 Å². The first-order chi connectivity index (χ1) is 7.29. The van der Waals surface area contributed by atoms with Crippen molar-refractivity contribution in [3.8, 4) is 5.75 Å².